The van der Waals surface area contributed by atoms with Crippen LogP contribution in [0.25, 0.3) is 0 Å². The van der Waals surface area contributed by atoms with Gasteiger partial charge in [0.15, 0.2) is 17.8 Å². The number of nitrogens with one attached hydrogen (secondary N) is 1. The monoisotopic (exact) mass is 857 g/mol. The Hall–Kier alpha value is -4.09. The van der Waals surface area contributed by atoms with Crippen LogP contribution >= 0.6 is 0 Å². The Morgan fingerprint density at radius 2 is 1.56 bits per heavy atom. The number of benzene rings is 1. The third-order valence-corrected chi connectivity index (χ3v) is 14.1. The lowest BCUT2D eigenvalue weighted by molar-refractivity contribution is -0.365. The summed E-state index contributed by atoms with van der Waals surface area (Å²) in [6.07, 6.45) is -8.55. The van der Waals surface area contributed by atoms with Crippen LogP contribution < -0.4 is 5.32 Å². The summed E-state index contributed by atoms with van der Waals surface area (Å²) < 4.78 is 36.0. The summed E-state index contributed by atoms with van der Waals surface area (Å²) in [5.74, 6) is -5.34. The molecule has 338 valence electrons. The van der Waals surface area contributed by atoms with E-state index >= 15 is 0 Å². The minimum absolute atomic E-state index is 0.102. The molecule has 16 nitrogen and oxygen atoms in total. The van der Waals surface area contributed by atoms with Gasteiger partial charge in [0, 0.05) is 37.5 Å². The van der Waals surface area contributed by atoms with Crippen molar-refractivity contribution in [1.82, 2.24) is 5.32 Å². The van der Waals surface area contributed by atoms with Gasteiger partial charge in [-0.3, -0.25) is 9.59 Å². The van der Waals surface area contributed by atoms with E-state index in [4.69, 9.17) is 28.4 Å². The smallest absolute Gasteiger partial charge is 0.407 e. The zero-order valence-corrected chi connectivity index (χ0v) is 36.6. The molecule has 4 aliphatic carbocycles. The number of aliphatic hydroxyl groups excluding tert-OH is 3. The molecule has 1 amide bonds. The van der Waals surface area contributed by atoms with Crippen LogP contribution in [-0.4, -0.2) is 123 Å². The van der Waals surface area contributed by atoms with E-state index in [9.17, 15) is 44.4 Å². The predicted molar refractivity (Wildman–Crippen MR) is 215 cm³/mol. The van der Waals surface area contributed by atoms with Gasteiger partial charge in [0.2, 0.25) is 0 Å². The Morgan fingerprint density at radius 1 is 0.918 bits per heavy atom. The summed E-state index contributed by atoms with van der Waals surface area (Å²) in [6, 6.07) is 6.85. The second kappa shape index (κ2) is 16.9. The lowest BCUT2D eigenvalue weighted by Crippen LogP contribution is -2.82. The highest BCUT2D eigenvalue weighted by atomic mass is 16.6. The van der Waals surface area contributed by atoms with Gasteiger partial charge in [-0.05, 0) is 69.7 Å². The molecule has 1 aromatic carbocycles. The van der Waals surface area contributed by atoms with E-state index in [1.807, 2.05) is 0 Å². The third-order valence-electron chi connectivity index (χ3n) is 14.1. The van der Waals surface area contributed by atoms with Crippen molar-refractivity contribution in [3.8, 4) is 0 Å². The summed E-state index contributed by atoms with van der Waals surface area (Å²) in [5, 5.41) is 53.1. The average molecular weight is 858 g/mol. The van der Waals surface area contributed by atoms with Gasteiger partial charge in [-0.2, -0.15) is 0 Å². The molecule has 1 unspecified atom stereocenters. The Bertz CT molecular complexity index is 1890. The maximum atomic E-state index is 14.3. The second-order valence-electron chi connectivity index (χ2n) is 19.4. The van der Waals surface area contributed by atoms with Crippen molar-refractivity contribution >= 4 is 30.0 Å². The zero-order valence-electron chi connectivity index (χ0n) is 36.6. The second-order valence-corrected chi connectivity index (χ2v) is 19.4. The summed E-state index contributed by atoms with van der Waals surface area (Å²) in [5.41, 5.74) is -7.84. The number of hydrogen-bond acceptors (Lipinski definition) is 15. The van der Waals surface area contributed by atoms with Crippen LogP contribution in [0.4, 0.5) is 4.79 Å². The van der Waals surface area contributed by atoms with Gasteiger partial charge in [-0.1, -0.05) is 58.2 Å². The van der Waals surface area contributed by atoms with Gasteiger partial charge in [-0.15, -0.1) is 0 Å². The molecule has 5 aliphatic rings. The maximum absolute atomic E-state index is 14.3. The number of alkyl carbamates (subject to hydrolysis) is 1. The Morgan fingerprint density at radius 3 is 2.11 bits per heavy atom. The number of fused-ring (bicyclic) bond motifs is 5. The van der Waals surface area contributed by atoms with Crippen molar-refractivity contribution in [2.45, 2.75) is 173 Å². The molecule has 0 spiro atoms. The summed E-state index contributed by atoms with van der Waals surface area (Å²) in [7, 11) is 0. The van der Waals surface area contributed by atoms with Crippen LogP contribution in [0.2, 0.25) is 0 Å². The zero-order chi connectivity index (χ0) is 45.0. The van der Waals surface area contributed by atoms with E-state index in [1.54, 1.807) is 59.7 Å². The highest BCUT2D eigenvalue weighted by Crippen LogP contribution is 2.65. The van der Waals surface area contributed by atoms with Gasteiger partial charge in [0.05, 0.1) is 30.2 Å². The fourth-order valence-corrected chi connectivity index (χ4v) is 11.0. The molecule has 1 aromatic rings. The number of hydrogen-bond donors (Lipinski definition) is 5. The largest absolute Gasteiger partial charge is 0.456 e. The van der Waals surface area contributed by atoms with Crippen molar-refractivity contribution in [3.05, 3.63) is 47.0 Å². The van der Waals surface area contributed by atoms with Crippen LogP contribution in [-0.2, 0) is 42.8 Å². The third kappa shape index (κ3) is 8.30. The number of esters is 4. The lowest BCUT2D eigenvalue weighted by Gasteiger charge is -2.69. The summed E-state index contributed by atoms with van der Waals surface area (Å²) in [4.78, 5) is 67.7. The van der Waals surface area contributed by atoms with Crippen molar-refractivity contribution < 1.29 is 72.8 Å². The van der Waals surface area contributed by atoms with Crippen molar-refractivity contribution in [3.63, 3.8) is 0 Å². The minimum atomic E-state index is -2.32. The highest BCUT2D eigenvalue weighted by molar-refractivity contribution is 5.89. The molecule has 1 saturated heterocycles. The molecule has 5 N–H and O–H groups in total. The number of carbonyl (C=O) groups is 5. The van der Waals surface area contributed by atoms with E-state index in [1.165, 1.54) is 26.0 Å². The van der Waals surface area contributed by atoms with Crippen LogP contribution in [0, 0.1) is 22.7 Å². The van der Waals surface area contributed by atoms with Gasteiger partial charge in [0.1, 0.15) is 35.6 Å². The van der Waals surface area contributed by atoms with Gasteiger partial charge < -0.3 is 54.2 Å². The lowest BCUT2D eigenvalue weighted by atomic mass is 9.44. The number of amides is 1. The molecule has 16 heteroatoms. The first-order valence-electron chi connectivity index (χ1n) is 21.3. The van der Waals surface area contributed by atoms with Gasteiger partial charge in [0.25, 0.3) is 0 Å². The average Bonchev–Trinajstić information content (AvgIpc) is 3.17. The SMILES string of the molecule is CC(=O)O[C@@H]1C2=C(C)[C@@H](OC(=O)[C@H](O)[C@@H](NC(=O)OC(C)(C)C)C3CCCCC3)C[C@@](O)([C@@H](OC(=O)c3ccccc3)[C@H]3[C@@](C)([C@@H](O)CC4OC[C@]43OC(C)=O)[C@H]1O)C2(C)C. The number of aliphatic hydroxyl groups is 4. The summed E-state index contributed by atoms with van der Waals surface area (Å²) in [6.45, 7) is 13.4. The predicted octanol–water partition coefficient (Wildman–Crippen LogP) is 3.83. The standard InChI is InChI=1S/C45H63NO15/c1-23-28(58-39(53)33(50)32(26-16-12-10-13-17-26)46-40(54)61-41(4,5)6)21-45(55)37(59-38(52)27-18-14-11-15-19-27)35-43(9,29(49)20-30-44(35,22-56-30)60-25(3)48)36(51)34(57-24(2)47)31(23)42(45,7)8/h11,14-15,18-19,26,28-30,32-37,49-51,55H,10,12-13,16-17,20-22H2,1-9H3,(H,46,54)/t28-,29-,30?,32-,33+,34+,35-,36-,37-,43+,44-,45+/m0/s1. The first kappa shape index (κ1) is 46.4. The summed E-state index contributed by atoms with van der Waals surface area (Å²) >= 11 is 0. The first-order valence-corrected chi connectivity index (χ1v) is 21.3. The van der Waals surface area contributed by atoms with Crippen LogP contribution in [0.15, 0.2) is 41.5 Å². The van der Waals surface area contributed by atoms with Crippen molar-refractivity contribution in [2.24, 2.45) is 22.7 Å². The quantitative estimate of drug-likeness (QED) is 0.135. The molecular weight excluding hydrogens is 794 g/mol. The molecule has 1 aliphatic heterocycles. The Labute approximate surface area is 356 Å². The van der Waals surface area contributed by atoms with Crippen molar-refractivity contribution in [2.75, 3.05) is 6.61 Å². The molecule has 3 saturated carbocycles. The first-order chi connectivity index (χ1) is 28.4. The number of ether oxygens (including phenoxy) is 6. The maximum Gasteiger partial charge on any atom is 0.407 e. The molecule has 2 bridgehead atoms. The van der Waals surface area contributed by atoms with Crippen LogP contribution in [0.5, 0.6) is 0 Å². The van der Waals surface area contributed by atoms with E-state index in [0.717, 1.165) is 26.2 Å². The molecule has 12 atom stereocenters. The molecule has 4 fully saturated rings. The van der Waals surface area contributed by atoms with Gasteiger partial charge in [-0.25, -0.2) is 14.4 Å². The van der Waals surface area contributed by atoms with Crippen molar-refractivity contribution in [1.29, 1.82) is 0 Å². The van der Waals surface area contributed by atoms with Crippen LogP contribution in [0.3, 0.4) is 0 Å². The fraction of sp³-hybridized carbons (Fsp3) is 0.711. The van der Waals surface area contributed by atoms with Gasteiger partial charge >= 0.3 is 30.0 Å². The molecule has 1 heterocycles. The van der Waals surface area contributed by atoms with E-state index in [2.05, 4.69) is 5.32 Å². The van der Waals surface area contributed by atoms with Crippen LogP contribution in [0.1, 0.15) is 118 Å². The fourth-order valence-electron chi connectivity index (χ4n) is 11.0. The molecular formula is C45H63NO15. The highest BCUT2D eigenvalue weighted by Gasteiger charge is 2.78. The molecule has 61 heavy (non-hydrogen) atoms. The number of rotatable bonds is 9. The Kier molecular flexibility index (Phi) is 12.8. The molecule has 0 aromatic heterocycles. The Balaban J connectivity index is 1.52. The minimum Gasteiger partial charge on any atom is -0.456 e. The molecule has 0 radical (unpaired) electrons. The molecule has 6 rings (SSSR count). The number of carbonyl (C=O) groups excluding carboxylic acids is 5. The van der Waals surface area contributed by atoms with E-state index in [-0.39, 0.29) is 35.7 Å². The normalized spacial score (nSPS) is 35.6. The van der Waals surface area contributed by atoms with E-state index < -0.39 is 119 Å². The topological polar surface area (TPSA) is 234 Å². The van der Waals surface area contributed by atoms with E-state index in [0.29, 0.717) is 12.8 Å².